The highest BCUT2D eigenvalue weighted by Gasteiger charge is 2.19. The van der Waals surface area contributed by atoms with E-state index in [1.165, 1.54) is 0 Å². The fourth-order valence-electron chi connectivity index (χ4n) is 2.97. The third kappa shape index (κ3) is 3.53. The average molecular weight is 392 g/mol. The summed E-state index contributed by atoms with van der Waals surface area (Å²) >= 11 is 1.61. The number of aromatic nitrogens is 3. The third-order valence-corrected chi connectivity index (χ3v) is 5.62. The first-order valence-electron chi connectivity index (χ1n) is 9.08. The quantitative estimate of drug-likeness (QED) is 0.532. The Morgan fingerprint density at radius 3 is 2.71 bits per heavy atom. The molecule has 1 amide bonds. The van der Waals surface area contributed by atoms with Gasteiger partial charge in [-0.15, -0.1) is 11.3 Å². The number of aryl methyl sites for hydroxylation is 1. The smallest absolute Gasteiger partial charge is 0.259 e. The van der Waals surface area contributed by atoms with Gasteiger partial charge < -0.3 is 9.84 Å². The molecule has 6 nitrogen and oxygen atoms in total. The van der Waals surface area contributed by atoms with Crippen LogP contribution in [0.1, 0.15) is 46.5 Å². The predicted molar refractivity (Wildman–Crippen MR) is 109 cm³/mol. The molecule has 0 aliphatic heterocycles. The average Bonchev–Trinajstić information content (AvgIpc) is 3.33. The van der Waals surface area contributed by atoms with Gasteiger partial charge in [0.1, 0.15) is 0 Å². The van der Waals surface area contributed by atoms with Crippen LogP contribution in [0.4, 0.5) is 0 Å². The fraction of sp³-hybridized carbons (Fsp3) is 0.238. The van der Waals surface area contributed by atoms with Gasteiger partial charge in [0.05, 0.1) is 39.6 Å². The van der Waals surface area contributed by atoms with E-state index in [4.69, 9.17) is 4.52 Å². The summed E-state index contributed by atoms with van der Waals surface area (Å²) in [7, 11) is 0. The van der Waals surface area contributed by atoms with E-state index in [0.29, 0.717) is 40.5 Å². The van der Waals surface area contributed by atoms with Crippen molar-refractivity contribution in [3.05, 3.63) is 63.7 Å². The van der Waals surface area contributed by atoms with Crippen molar-refractivity contribution < 1.29 is 9.32 Å². The SMILES string of the molecule is Cc1noc2nc(-c3ccccc3)cc(C(=O)NCc3csc(C(C)C)n3)c12. The molecule has 0 saturated carbocycles. The Bertz CT molecular complexity index is 1130. The summed E-state index contributed by atoms with van der Waals surface area (Å²) < 4.78 is 5.34. The second-order valence-electron chi connectivity index (χ2n) is 6.88. The lowest BCUT2D eigenvalue weighted by molar-refractivity contribution is 0.0952. The largest absolute Gasteiger partial charge is 0.346 e. The minimum atomic E-state index is -0.199. The second-order valence-corrected chi connectivity index (χ2v) is 7.77. The lowest BCUT2D eigenvalue weighted by Gasteiger charge is -2.07. The van der Waals surface area contributed by atoms with E-state index < -0.39 is 0 Å². The molecule has 0 atom stereocenters. The number of nitrogens with one attached hydrogen (secondary N) is 1. The maximum absolute atomic E-state index is 13.0. The Morgan fingerprint density at radius 1 is 1.21 bits per heavy atom. The molecule has 28 heavy (non-hydrogen) atoms. The molecule has 1 aromatic carbocycles. The number of amides is 1. The number of benzene rings is 1. The number of pyridine rings is 1. The molecule has 4 aromatic rings. The molecule has 142 valence electrons. The molecule has 0 aliphatic carbocycles. The first-order chi connectivity index (χ1) is 13.5. The monoisotopic (exact) mass is 392 g/mol. The van der Waals surface area contributed by atoms with Gasteiger partial charge in [0.2, 0.25) is 0 Å². The van der Waals surface area contributed by atoms with Crippen molar-refractivity contribution in [2.45, 2.75) is 33.2 Å². The van der Waals surface area contributed by atoms with Crippen molar-refractivity contribution in [2.75, 3.05) is 0 Å². The van der Waals surface area contributed by atoms with Crippen LogP contribution >= 0.6 is 11.3 Å². The van der Waals surface area contributed by atoms with Gasteiger partial charge in [-0.05, 0) is 13.0 Å². The van der Waals surface area contributed by atoms with Crippen molar-refractivity contribution >= 4 is 28.3 Å². The summed E-state index contributed by atoms with van der Waals surface area (Å²) in [6.07, 6.45) is 0. The summed E-state index contributed by atoms with van der Waals surface area (Å²) in [5, 5.41) is 10.6. The van der Waals surface area contributed by atoms with E-state index in [-0.39, 0.29) is 5.91 Å². The standard InChI is InChI=1S/C21H20N4O2S/c1-12(2)21-23-15(11-28-21)10-22-19(26)16-9-17(14-7-5-4-6-8-14)24-20-18(16)13(3)25-27-20/h4-9,11-12H,10H2,1-3H3,(H,22,26). The van der Waals surface area contributed by atoms with E-state index in [2.05, 4.69) is 34.3 Å². The topological polar surface area (TPSA) is 80.9 Å². The van der Waals surface area contributed by atoms with Crippen molar-refractivity contribution in [3.63, 3.8) is 0 Å². The van der Waals surface area contributed by atoms with Crippen molar-refractivity contribution in [1.82, 2.24) is 20.4 Å². The molecule has 3 heterocycles. The molecule has 4 rings (SSSR count). The van der Waals surface area contributed by atoms with Gasteiger partial charge in [-0.2, -0.15) is 0 Å². The van der Waals surface area contributed by atoms with Crippen LogP contribution in [0.15, 0.2) is 46.3 Å². The molecule has 7 heteroatoms. The van der Waals surface area contributed by atoms with E-state index in [9.17, 15) is 4.79 Å². The number of nitrogens with zero attached hydrogens (tertiary/aromatic N) is 3. The molecule has 0 spiro atoms. The summed E-state index contributed by atoms with van der Waals surface area (Å²) in [5.41, 5.74) is 3.95. The van der Waals surface area contributed by atoms with Gasteiger partial charge in [0.15, 0.2) is 0 Å². The fourth-order valence-corrected chi connectivity index (χ4v) is 3.80. The van der Waals surface area contributed by atoms with Crippen molar-refractivity contribution in [3.8, 4) is 11.3 Å². The zero-order chi connectivity index (χ0) is 19.7. The zero-order valence-corrected chi connectivity index (χ0v) is 16.7. The van der Waals surface area contributed by atoms with Gasteiger partial charge in [-0.1, -0.05) is 49.3 Å². The molecule has 0 bridgehead atoms. The predicted octanol–water partition coefficient (Wildman–Crippen LogP) is 4.71. The Hall–Kier alpha value is -3.06. The molecule has 1 N–H and O–H groups in total. The van der Waals surface area contributed by atoms with Crippen LogP contribution in [-0.2, 0) is 6.54 Å². The van der Waals surface area contributed by atoms with Crippen LogP contribution in [0, 0.1) is 6.92 Å². The lowest BCUT2D eigenvalue weighted by atomic mass is 10.1. The summed E-state index contributed by atoms with van der Waals surface area (Å²) in [4.78, 5) is 22.1. The van der Waals surface area contributed by atoms with Crippen LogP contribution in [-0.4, -0.2) is 21.0 Å². The number of hydrogen-bond acceptors (Lipinski definition) is 6. The minimum Gasteiger partial charge on any atom is -0.346 e. The minimum absolute atomic E-state index is 0.199. The number of fused-ring (bicyclic) bond motifs is 1. The van der Waals surface area contributed by atoms with Crippen LogP contribution < -0.4 is 5.32 Å². The first kappa shape index (κ1) is 18.3. The number of carbonyl (C=O) groups is 1. The van der Waals surface area contributed by atoms with Crippen LogP contribution in [0.25, 0.3) is 22.4 Å². The van der Waals surface area contributed by atoms with Crippen LogP contribution in [0.5, 0.6) is 0 Å². The molecule has 0 radical (unpaired) electrons. The van der Waals surface area contributed by atoms with Gasteiger partial charge in [0.25, 0.3) is 11.6 Å². The van der Waals surface area contributed by atoms with Gasteiger partial charge >= 0.3 is 0 Å². The number of carbonyl (C=O) groups excluding carboxylic acids is 1. The van der Waals surface area contributed by atoms with Crippen molar-refractivity contribution in [1.29, 1.82) is 0 Å². The molecule has 0 aliphatic rings. The number of hydrogen-bond donors (Lipinski definition) is 1. The zero-order valence-electron chi connectivity index (χ0n) is 15.9. The first-order valence-corrected chi connectivity index (χ1v) is 9.96. The van der Waals surface area contributed by atoms with Gasteiger partial charge in [0, 0.05) is 16.9 Å². The second kappa shape index (κ2) is 7.52. The van der Waals surface area contributed by atoms with E-state index in [0.717, 1.165) is 16.3 Å². The van der Waals surface area contributed by atoms with Gasteiger partial charge in [-0.25, -0.2) is 9.97 Å². The molecule has 0 unspecified atom stereocenters. The summed E-state index contributed by atoms with van der Waals surface area (Å²) in [5.74, 6) is 0.178. The van der Waals surface area contributed by atoms with Crippen LogP contribution in [0.2, 0.25) is 0 Å². The summed E-state index contributed by atoms with van der Waals surface area (Å²) in [6.45, 7) is 6.39. The van der Waals surface area contributed by atoms with E-state index in [1.807, 2.05) is 42.6 Å². The normalized spacial score (nSPS) is 11.3. The van der Waals surface area contributed by atoms with E-state index >= 15 is 0 Å². The Balaban J connectivity index is 1.66. The third-order valence-electron chi connectivity index (χ3n) is 4.42. The molecule has 0 saturated heterocycles. The highest BCUT2D eigenvalue weighted by molar-refractivity contribution is 7.09. The number of thiazole rings is 1. The Kier molecular flexibility index (Phi) is 4.92. The van der Waals surface area contributed by atoms with Gasteiger partial charge in [-0.3, -0.25) is 4.79 Å². The molecular weight excluding hydrogens is 372 g/mol. The maximum atomic E-state index is 13.0. The van der Waals surface area contributed by atoms with Crippen LogP contribution in [0.3, 0.4) is 0 Å². The van der Waals surface area contributed by atoms with E-state index in [1.54, 1.807) is 17.4 Å². The molecular formula is C21H20N4O2S. The maximum Gasteiger partial charge on any atom is 0.259 e. The molecule has 0 fully saturated rings. The Morgan fingerprint density at radius 2 is 2.00 bits per heavy atom. The molecule has 3 aromatic heterocycles. The summed E-state index contributed by atoms with van der Waals surface area (Å²) in [6, 6.07) is 11.5. The van der Waals surface area contributed by atoms with Crippen molar-refractivity contribution in [2.24, 2.45) is 0 Å². The Labute approximate surface area is 166 Å². The highest BCUT2D eigenvalue weighted by atomic mass is 32.1. The highest BCUT2D eigenvalue weighted by Crippen LogP contribution is 2.27. The lowest BCUT2D eigenvalue weighted by Crippen LogP contribution is -2.23. The number of rotatable bonds is 5.